The van der Waals surface area contributed by atoms with E-state index >= 15 is 0 Å². The average Bonchev–Trinajstić information content (AvgIpc) is 2.60. The molecule has 3 rings (SSSR count). The van der Waals surface area contributed by atoms with Gasteiger partial charge in [-0.25, -0.2) is 4.39 Å². The third-order valence-corrected chi connectivity index (χ3v) is 3.78. The molecule has 0 radical (unpaired) electrons. The molecular formula is C20H16FNO2. The Morgan fingerprint density at radius 1 is 0.833 bits per heavy atom. The van der Waals surface area contributed by atoms with Crippen molar-refractivity contribution in [1.29, 1.82) is 0 Å². The number of nitrogens with one attached hydrogen (secondary N) is 1. The van der Waals surface area contributed by atoms with Crippen molar-refractivity contribution in [3.63, 3.8) is 0 Å². The van der Waals surface area contributed by atoms with E-state index in [2.05, 4.69) is 5.32 Å². The second kappa shape index (κ2) is 7.04. The SMILES string of the molecule is O=C(CCC(=O)c1ccc(F)cc1)Nc1ccc2ccccc2c1. The van der Waals surface area contributed by atoms with Gasteiger partial charge in [0, 0.05) is 24.1 Å². The van der Waals surface area contributed by atoms with Gasteiger partial charge in [-0.3, -0.25) is 9.59 Å². The number of ketones is 1. The number of anilines is 1. The number of hydrogen-bond donors (Lipinski definition) is 1. The lowest BCUT2D eigenvalue weighted by Crippen LogP contribution is -2.13. The number of amides is 1. The van der Waals surface area contributed by atoms with Crippen LogP contribution in [0.25, 0.3) is 10.8 Å². The van der Waals surface area contributed by atoms with Crippen molar-refractivity contribution in [2.24, 2.45) is 0 Å². The highest BCUT2D eigenvalue weighted by Crippen LogP contribution is 2.19. The maximum atomic E-state index is 12.8. The molecule has 0 saturated heterocycles. The Bertz CT molecular complexity index is 888. The van der Waals surface area contributed by atoms with Gasteiger partial charge in [-0.2, -0.15) is 0 Å². The fourth-order valence-corrected chi connectivity index (χ4v) is 2.50. The smallest absolute Gasteiger partial charge is 0.224 e. The lowest BCUT2D eigenvalue weighted by atomic mass is 10.1. The fourth-order valence-electron chi connectivity index (χ4n) is 2.50. The fraction of sp³-hybridized carbons (Fsp3) is 0.100. The predicted octanol–water partition coefficient (Wildman–Crippen LogP) is 4.58. The lowest BCUT2D eigenvalue weighted by molar-refractivity contribution is -0.116. The van der Waals surface area contributed by atoms with Crippen LogP contribution in [0.15, 0.2) is 66.7 Å². The Balaban J connectivity index is 1.58. The number of carbonyl (C=O) groups excluding carboxylic acids is 2. The van der Waals surface area contributed by atoms with Crippen molar-refractivity contribution < 1.29 is 14.0 Å². The first kappa shape index (κ1) is 15.9. The first-order valence-electron chi connectivity index (χ1n) is 7.69. The maximum Gasteiger partial charge on any atom is 0.224 e. The molecule has 1 amide bonds. The first-order chi connectivity index (χ1) is 11.6. The van der Waals surface area contributed by atoms with Gasteiger partial charge in [-0.15, -0.1) is 0 Å². The van der Waals surface area contributed by atoms with Gasteiger partial charge in [0.15, 0.2) is 5.78 Å². The van der Waals surface area contributed by atoms with E-state index in [4.69, 9.17) is 0 Å². The first-order valence-corrected chi connectivity index (χ1v) is 7.69. The van der Waals surface area contributed by atoms with Gasteiger partial charge >= 0.3 is 0 Å². The van der Waals surface area contributed by atoms with Crippen LogP contribution >= 0.6 is 0 Å². The number of rotatable bonds is 5. The van der Waals surface area contributed by atoms with E-state index in [9.17, 15) is 14.0 Å². The maximum absolute atomic E-state index is 12.8. The zero-order chi connectivity index (χ0) is 16.9. The molecule has 0 aliphatic heterocycles. The van der Waals surface area contributed by atoms with Crippen molar-refractivity contribution in [1.82, 2.24) is 0 Å². The van der Waals surface area contributed by atoms with Crippen LogP contribution in [-0.4, -0.2) is 11.7 Å². The predicted molar refractivity (Wildman–Crippen MR) is 92.5 cm³/mol. The molecule has 0 aliphatic carbocycles. The molecule has 120 valence electrons. The molecule has 0 aromatic heterocycles. The van der Waals surface area contributed by atoms with Crippen LogP contribution in [0.5, 0.6) is 0 Å². The zero-order valence-corrected chi connectivity index (χ0v) is 13.0. The Morgan fingerprint density at radius 3 is 2.29 bits per heavy atom. The Morgan fingerprint density at radius 2 is 1.54 bits per heavy atom. The molecule has 0 aliphatic rings. The molecule has 0 saturated carbocycles. The molecule has 3 aromatic carbocycles. The van der Waals surface area contributed by atoms with Crippen LogP contribution < -0.4 is 5.32 Å². The minimum atomic E-state index is -0.388. The van der Waals surface area contributed by atoms with Crippen LogP contribution in [-0.2, 0) is 4.79 Å². The average molecular weight is 321 g/mol. The van der Waals surface area contributed by atoms with Crippen molar-refractivity contribution in [3.8, 4) is 0 Å². The van der Waals surface area contributed by atoms with Crippen molar-refractivity contribution in [2.45, 2.75) is 12.8 Å². The summed E-state index contributed by atoms with van der Waals surface area (Å²) in [5.74, 6) is -0.787. The summed E-state index contributed by atoms with van der Waals surface area (Å²) in [5, 5.41) is 4.94. The third-order valence-electron chi connectivity index (χ3n) is 3.78. The minimum Gasteiger partial charge on any atom is -0.326 e. The van der Waals surface area contributed by atoms with E-state index in [0.717, 1.165) is 10.8 Å². The number of hydrogen-bond acceptors (Lipinski definition) is 2. The topological polar surface area (TPSA) is 46.2 Å². The molecule has 0 fully saturated rings. The van der Waals surface area contributed by atoms with Crippen LogP contribution in [0.4, 0.5) is 10.1 Å². The van der Waals surface area contributed by atoms with Crippen LogP contribution in [0.2, 0.25) is 0 Å². The number of fused-ring (bicyclic) bond motifs is 1. The van der Waals surface area contributed by atoms with Gasteiger partial charge in [0.25, 0.3) is 0 Å². The number of carbonyl (C=O) groups is 2. The normalized spacial score (nSPS) is 10.5. The standard InChI is InChI=1S/C20H16FNO2/c21-17-8-5-15(6-9-17)19(23)11-12-20(24)22-18-10-7-14-3-1-2-4-16(14)13-18/h1-10,13H,11-12H2,(H,22,24). The highest BCUT2D eigenvalue weighted by molar-refractivity contribution is 6.00. The molecule has 0 bridgehead atoms. The Kier molecular flexibility index (Phi) is 4.66. The van der Waals surface area contributed by atoms with E-state index in [-0.39, 0.29) is 30.3 Å². The van der Waals surface area contributed by atoms with E-state index in [1.807, 2.05) is 42.5 Å². The molecule has 3 aromatic rings. The molecular weight excluding hydrogens is 305 g/mol. The van der Waals surface area contributed by atoms with E-state index in [1.54, 1.807) is 0 Å². The van der Waals surface area contributed by atoms with Crippen molar-refractivity contribution >= 4 is 28.2 Å². The summed E-state index contributed by atoms with van der Waals surface area (Å²) >= 11 is 0. The van der Waals surface area contributed by atoms with Crippen LogP contribution in [0.3, 0.4) is 0 Å². The molecule has 0 spiro atoms. The molecule has 3 nitrogen and oxygen atoms in total. The van der Waals surface area contributed by atoms with Gasteiger partial charge < -0.3 is 5.32 Å². The second-order valence-corrected chi connectivity index (χ2v) is 5.54. The minimum absolute atomic E-state index is 0.0863. The second-order valence-electron chi connectivity index (χ2n) is 5.54. The highest BCUT2D eigenvalue weighted by Gasteiger charge is 2.10. The van der Waals surface area contributed by atoms with E-state index in [1.165, 1.54) is 24.3 Å². The van der Waals surface area contributed by atoms with Crippen LogP contribution in [0.1, 0.15) is 23.2 Å². The molecule has 0 heterocycles. The van der Waals surface area contributed by atoms with Crippen molar-refractivity contribution in [3.05, 3.63) is 78.1 Å². The molecule has 24 heavy (non-hydrogen) atoms. The summed E-state index contributed by atoms with van der Waals surface area (Å²) in [6.07, 6.45) is 0.175. The molecule has 1 N–H and O–H groups in total. The van der Waals surface area contributed by atoms with Gasteiger partial charge in [0.1, 0.15) is 5.82 Å². The molecule has 0 atom stereocenters. The lowest BCUT2D eigenvalue weighted by Gasteiger charge is -2.06. The van der Waals surface area contributed by atoms with E-state index in [0.29, 0.717) is 11.3 Å². The molecule has 4 heteroatoms. The quantitative estimate of drug-likeness (QED) is 0.699. The summed E-state index contributed by atoms with van der Waals surface area (Å²) in [6, 6.07) is 18.9. The third kappa shape index (κ3) is 3.84. The summed E-state index contributed by atoms with van der Waals surface area (Å²) in [6.45, 7) is 0. The van der Waals surface area contributed by atoms with E-state index < -0.39 is 0 Å². The van der Waals surface area contributed by atoms with Gasteiger partial charge in [0.2, 0.25) is 5.91 Å². The van der Waals surface area contributed by atoms with Gasteiger partial charge in [-0.1, -0.05) is 30.3 Å². The largest absolute Gasteiger partial charge is 0.326 e. The van der Waals surface area contributed by atoms with Gasteiger partial charge in [0.05, 0.1) is 0 Å². The summed E-state index contributed by atoms with van der Waals surface area (Å²) in [7, 11) is 0. The van der Waals surface area contributed by atoms with Crippen molar-refractivity contribution in [2.75, 3.05) is 5.32 Å². The summed E-state index contributed by atoms with van der Waals surface area (Å²) in [5.41, 5.74) is 1.11. The highest BCUT2D eigenvalue weighted by atomic mass is 19.1. The number of Topliss-reactive ketones (excluding diaryl/α,β-unsaturated/α-hetero) is 1. The Labute approximate surface area is 139 Å². The van der Waals surface area contributed by atoms with Crippen LogP contribution in [0, 0.1) is 5.82 Å². The summed E-state index contributed by atoms with van der Waals surface area (Å²) < 4.78 is 12.8. The monoisotopic (exact) mass is 321 g/mol. The zero-order valence-electron chi connectivity index (χ0n) is 13.0. The van der Waals surface area contributed by atoms with Gasteiger partial charge in [-0.05, 0) is 47.2 Å². The number of halogens is 1. The molecule has 0 unspecified atom stereocenters. The number of benzene rings is 3. The summed E-state index contributed by atoms with van der Waals surface area (Å²) in [4.78, 5) is 24.0. The Hall–Kier alpha value is -3.01.